The smallest absolute Gasteiger partial charge is 0.340 e. The fourth-order valence-electron chi connectivity index (χ4n) is 2.63. The molecular formula is C19H18I3O7S-. The molecule has 164 valence electrons. The van der Waals surface area contributed by atoms with Gasteiger partial charge in [0.15, 0.2) is 0 Å². The van der Waals surface area contributed by atoms with E-state index in [0.717, 1.165) is 0 Å². The van der Waals surface area contributed by atoms with Gasteiger partial charge in [-0.15, -0.1) is 0 Å². The predicted molar refractivity (Wildman–Crippen MR) is 135 cm³/mol. The largest absolute Gasteiger partial charge is 0.744 e. The summed E-state index contributed by atoms with van der Waals surface area (Å²) < 4.78 is 47.2. The van der Waals surface area contributed by atoms with Crippen LogP contribution in [0.15, 0.2) is 23.1 Å². The average molecular weight is 771 g/mol. The maximum Gasteiger partial charge on any atom is 0.340 e. The topological polar surface area (TPSA) is 113 Å². The van der Waals surface area contributed by atoms with E-state index in [1.165, 1.54) is 12.1 Å². The Kier molecular flexibility index (Phi) is 9.04. The third-order valence-corrected chi connectivity index (χ3v) is 7.74. The first-order chi connectivity index (χ1) is 13.8. The summed E-state index contributed by atoms with van der Waals surface area (Å²) in [5.74, 6) is -0.322. The number of rotatable bonds is 7. The molecule has 0 aliphatic heterocycles. The van der Waals surface area contributed by atoms with Crippen LogP contribution in [0, 0.1) is 17.6 Å². The summed E-state index contributed by atoms with van der Waals surface area (Å²) >= 11 is 5.89. The summed E-state index contributed by atoms with van der Waals surface area (Å²) in [7, 11) is -4.60. The number of aromatic hydroxyl groups is 1. The molecule has 0 radical (unpaired) electrons. The van der Waals surface area contributed by atoms with Crippen LogP contribution in [0.2, 0.25) is 0 Å². The number of carbonyl (C=O) groups is 1. The van der Waals surface area contributed by atoms with Gasteiger partial charge in [0.2, 0.25) is 0 Å². The summed E-state index contributed by atoms with van der Waals surface area (Å²) in [5, 5.41) is 10.0. The van der Waals surface area contributed by atoms with Gasteiger partial charge in [0, 0.05) is 3.57 Å². The molecule has 7 nitrogen and oxygen atoms in total. The standard InChI is InChI=1S/C19H19I3O7S/c1-9(2)11-7-14(10(3)6-15(11)30(25,26)27)28-4-5-29-19(24)16-12(20)8-13(21)18(23)17(16)22/h6-9,23H,4-5H2,1-3H3,(H,25,26,27)/p-1. The van der Waals surface area contributed by atoms with E-state index < -0.39 is 16.1 Å². The molecular weight excluding hydrogens is 753 g/mol. The summed E-state index contributed by atoms with van der Waals surface area (Å²) in [6.45, 7) is 5.20. The molecule has 0 aliphatic rings. The highest BCUT2D eigenvalue weighted by Crippen LogP contribution is 2.33. The second-order valence-electron chi connectivity index (χ2n) is 6.63. The highest BCUT2D eigenvalue weighted by molar-refractivity contribution is 14.1. The zero-order chi connectivity index (χ0) is 22.8. The molecule has 0 heterocycles. The number of esters is 1. The Hall–Kier alpha value is -0.390. The van der Waals surface area contributed by atoms with E-state index in [2.05, 4.69) is 0 Å². The molecule has 2 aromatic rings. The molecule has 1 N–H and O–H groups in total. The van der Waals surface area contributed by atoms with Gasteiger partial charge in [0.25, 0.3) is 0 Å². The van der Waals surface area contributed by atoms with Crippen molar-refractivity contribution in [3.8, 4) is 11.5 Å². The van der Waals surface area contributed by atoms with Gasteiger partial charge in [-0.3, -0.25) is 0 Å². The van der Waals surface area contributed by atoms with E-state index in [0.29, 0.717) is 27.6 Å². The van der Waals surface area contributed by atoms with Crippen LogP contribution in [0.1, 0.15) is 41.3 Å². The number of benzene rings is 2. The van der Waals surface area contributed by atoms with Gasteiger partial charge in [-0.1, -0.05) is 13.8 Å². The quantitative estimate of drug-likeness (QED) is 0.187. The van der Waals surface area contributed by atoms with Crippen LogP contribution in [-0.2, 0) is 14.9 Å². The zero-order valence-electron chi connectivity index (χ0n) is 16.2. The Morgan fingerprint density at radius 2 is 1.77 bits per heavy atom. The number of ether oxygens (including phenoxy) is 2. The number of phenols is 1. The van der Waals surface area contributed by atoms with Gasteiger partial charge in [0.05, 0.1) is 17.6 Å². The van der Waals surface area contributed by atoms with Crippen LogP contribution in [0.25, 0.3) is 0 Å². The van der Waals surface area contributed by atoms with E-state index >= 15 is 0 Å². The summed E-state index contributed by atoms with van der Waals surface area (Å²) in [6.07, 6.45) is 0. The lowest BCUT2D eigenvalue weighted by Crippen LogP contribution is -2.15. The van der Waals surface area contributed by atoms with Crippen LogP contribution in [0.4, 0.5) is 0 Å². The predicted octanol–water partition coefficient (Wildman–Crippen LogP) is 4.78. The highest BCUT2D eigenvalue weighted by Gasteiger charge is 2.21. The molecule has 0 saturated carbocycles. The monoisotopic (exact) mass is 771 g/mol. The second-order valence-corrected chi connectivity index (χ2v) is 11.4. The minimum Gasteiger partial charge on any atom is -0.744 e. The number of aryl methyl sites for hydroxylation is 1. The van der Waals surface area contributed by atoms with Gasteiger partial charge in [-0.05, 0) is 110 Å². The lowest BCUT2D eigenvalue weighted by atomic mass is 10.0. The molecule has 0 aliphatic carbocycles. The lowest BCUT2D eigenvalue weighted by Gasteiger charge is -2.19. The number of halogens is 3. The van der Waals surface area contributed by atoms with E-state index in [4.69, 9.17) is 9.47 Å². The molecule has 30 heavy (non-hydrogen) atoms. The maximum atomic E-state index is 12.4. The van der Waals surface area contributed by atoms with Gasteiger partial charge in [0.1, 0.15) is 34.8 Å². The lowest BCUT2D eigenvalue weighted by molar-refractivity contribution is 0.0447. The van der Waals surface area contributed by atoms with Crippen molar-refractivity contribution in [3.63, 3.8) is 0 Å². The molecule has 0 saturated heterocycles. The van der Waals surface area contributed by atoms with Crippen molar-refractivity contribution in [1.29, 1.82) is 0 Å². The summed E-state index contributed by atoms with van der Waals surface area (Å²) in [6, 6.07) is 4.53. The Morgan fingerprint density at radius 3 is 2.33 bits per heavy atom. The number of hydrogen-bond acceptors (Lipinski definition) is 7. The minimum absolute atomic E-state index is 0.0325. The van der Waals surface area contributed by atoms with Crippen molar-refractivity contribution in [1.82, 2.24) is 0 Å². The van der Waals surface area contributed by atoms with Gasteiger partial charge < -0.3 is 19.1 Å². The Bertz CT molecular complexity index is 1080. The molecule has 2 aromatic carbocycles. The highest BCUT2D eigenvalue weighted by atomic mass is 127. The van der Waals surface area contributed by atoms with Crippen molar-refractivity contribution in [3.05, 3.63) is 45.6 Å². The maximum absolute atomic E-state index is 12.4. The van der Waals surface area contributed by atoms with Crippen molar-refractivity contribution < 1.29 is 32.3 Å². The van der Waals surface area contributed by atoms with Crippen molar-refractivity contribution >= 4 is 83.9 Å². The second kappa shape index (κ2) is 10.5. The van der Waals surface area contributed by atoms with E-state index in [-0.39, 0.29) is 35.3 Å². The van der Waals surface area contributed by atoms with E-state index in [1.54, 1.807) is 26.8 Å². The molecule has 0 spiro atoms. The zero-order valence-corrected chi connectivity index (χ0v) is 23.5. The first-order valence-corrected chi connectivity index (χ1v) is 13.3. The fourth-order valence-corrected chi connectivity index (χ4v) is 7.34. The molecule has 0 unspecified atom stereocenters. The van der Waals surface area contributed by atoms with E-state index in [9.17, 15) is 22.9 Å². The Balaban J connectivity index is 2.10. The van der Waals surface area contributed by atoms with Crippen molar-refractivity contribution in [2.24, 2.45) is 0 Å². The normalized spacial score (nSPS) is 11.6. The minimum atomic E-state index is -4.60. The van der Waals surface area contributed by atoms with Crippen LogP contribution in [0.5, 0.6) is 11.5 Å². The molecule has 0 amide bonds. The first kappa shape index (κ1) is 25.9. The average Bonchev–Trinajstić information content (AvgIpc) is 2.63. The van der Waals surface area contributed by atoms with Crippen molar-refractivity contribution in [2.45, 2.75) is 31.6 Å². The molecule has 0 aromatic heterocycles. The number of hydrogen-bond donors (Lipinski definition) is 1. The van der Waals surface area contributed by atoms with Gasteiger partial charge in [-0.2, -0.15) is 0 Å². The van der Waals surface area contributed by atoms with Crippen LogP contribution < -0.4 is 4.74 Å². The molecule has 0 bridgehead atoms. The first-order valence-electron chi connectivity index (χ1n) is 8.61. The third-order valence-electron chi connectivity index (χ3n) is 4.12. The third kappa shape index (κ3) is 6.10. The van der Waals surface area contributed by atoms with Crippen LogP contribution in [0.3, 0.4) is 0 Å². The molecule has 0 atom stereocenters. The number of carbonyl (C=O) groups excluding carboxylic acids is 1. The fraction of sp³-hybridized carbons (Fsp3) is 0.316. The SMILES string of the molecule is Cc1cc(S(=O)(=O)[O-])c(C(C)C)cc1OCCOC(=O)c1c(I)cc(I)c(O)c1I. The van der Waals surface area contributed by atoms with Gasteiger partial charge in [-0.25, -0.2) is 13.2 Å². The van der Waals surface area contributed by atoms with Crippen molar-refractivity contribution in [2.75, 3.05) is 13.2 Å². The summed E-state index contributed by atoms with van der Waals surface area (Å²) in [5.41, 5.74) is 1.16. The Morgan fingerprint density at radius 1 is 1.13 bits per heavy atom. The summed E-state index contributed by atoms with van der Waals surface area (Å²) in [4.78, 5) is 12.2. The molecule has 2 rings (SSSR count). The number of phenolic OH excluding ortho intramolecular Hbond substituents is 1. The molecule has 11 heteroatoms. The molecule has 0 fully saturated rings. The van der Waals surface area contributed by atoms with Crippen LogP contribution in [-0.4, -0.2) is 37.3 Å². The van der Waals surface area contributed by atoms with Gasteiger partial charge >= 0.3 is 5.97 Å². The van der Waals surface area contributed by atoms with E-state index in [1.807, 2.05) is 67.8 Å². The Labute approximate surface area is 216 Å². The van der Waals surface area contributed by atoms with Crippen LogP contribution >= 0.6 is 67.8 Å².